The lowest BCUT2D eigenvalue weighted by Gasteiger charge is -2.17. The minimum absolute atomic E-state index is 0.185. The van der Waals surface area contributed by atoms with Crippen LogP contribution < -0.4 is 10.6 Å². The van der Waals surface area contributed by atoms with Gasteiger partial charge in [-0.05, 0) is 26.3 Å². The summed E-state index contributed by atoms with van der Waals surface area (Å²) < 4.78 is 6.57. The largest absolute Gasteiger partial charge is 0.396 e. The highest BCUT2D eigenvalue weighted by atomic mass is 32.1. The van der Waals surface area contributed by atoms with E-state index in [2.05, 4.69) is 45.3 Å². The van der Waals surface area contributed by atoms with Gasteiger partial charge in [-0.1, -0.05) is 6.92 Å². The molecule has 1 unspecified atom stereocenters. The summed E-state index contributed by atoms with van der Waals surface area (Å²) >= 11 is 4.39. The molecular formula is C11H20N4OS. The van der Waals surface area contributed by atoms with E-state index in [4.69, 9.17) is 1.43 Å². The van der Waals surface area contributed by atoms with Crippen molar-refractivity contribution in [1.29, 1.82) is 1.43 Å². The van der Waals surface area contributed by atoms with Crippen LogP contribution in [0, 0.1) is 6.92 Å². The van der Waals surface area contributed by atoms with Gasteiger partial charge >= 0.3 is 0 Å². The first-order chi connectivity index (χ1) is 8.67. The Kier molecular flexibility index (Phi) is 5.54. The quantitative estimate of drug-likeness (QED) is 0.317. The molecule has 0 radical (unpaired) electrons. The summed E-state index contributed by atoms with van der Waals surface area (Å²) in [5.74, 6) is 1.55. The number of hydrogen-bond donors (Lipinski definition) is 4. The smallest absolute Gasteiger partial charge is 0.210 e. The van der Waals surface area contributed by atoms with Gasteiger partial charge in [0.05, 0.1) is 0 Å². The predicted octanol–water partition coefficient (Wildman–Crippen LogP) is 0.945. The molecule has 1 rings (SSSR count). The van der Waals surface area contributed by atoms with Crippen molar-refractivity contribution in [1.82, 2.24) is 15.3 Å². The molecule has 0 bridgehead atoms. The molecule has 0 aliphatic rings. The Morgan fingerprint density at radius 2 is 2.47 bits per heavy atom. The third kappa shape index (κ3) is 4.89. The highest BCUT2D eigenvalue weighted by Gasteiger charge is 2.07. The number of anilines is 1. The molecule has 0 saturated heterocycles. The monoisotopic (exact) mass is 258 g/mol. The molecule has 17 heavy (non-hydrogen) atoms. The van der Waals surface area contributed by atoms with Crippen LogP contribution in [0.1, 0.15) is 24.7 Å². The molecule has 5 nitrogen and oxygen atoms in total. The summed E-state index contributed by atoms with van der Waals surface area (Å²) in [4.78, 5) is 8.53. The highest BCUT2D eigenvalue weighted by Crippen LogP contribution is 2.13. The fourth-order valence-electron chi connectivity index (χ4n) is 1.37. The van der Waals surface area contributed by atoms with Gasteiger partial charge in [0.15, 0.2) is 0 Å². The molecule has 6 heteroatoms. The summed E-state index contributed by atoms with van der Waals surface area (Å²) in [6.45, 7) is 5.06. The van der Waals surface area contributed by atoms with Gasteiger partial charge in [0.25, 0.3) is 0 Å². The Hall–Kier alpha value is -0.850. The van der Waals surface area contributed by atoms with Crippen LogP contribution in [0.15, 0.2) is 6.20 Å². The van der Waals surface area contributed by atoms with Gasteiger partial charge in [0.1, 0.15) is 17.1 Å². The number of rotatable bonds is 8. The van der Waals surface area contributed by atoms with E-state index in [9.17, 15) is 0 Å². The molecule has 0 spiro atoms. The number of thiol groups is 1. The topological polar surface area (TPSA) is 70.1 Å². The SMILES string of the molecule is [3H]OCCCNC(S)Nc1nc(C)ncc1CC. The lowest BCUT2D eigenvalue weighted by Crippen LogP contribution is -2.33. The molecule has 0 amide bonds. The first kappa shape index (κ1) is 12.6. The van der Waals surface area contributed by atoms with Gasteiger partial charge in [-0.15, -0.1) is 12.6 Å². The van der Waals surface area contributed by atoms with Gasteiger partial charge in [0.2, 0.25) is 1.43 Å². The third-order valence-electron chi connectivity index (χ3n) is 2.30. The van der Waals surface area contributed by atoms with Crippen molar-refractivity contribution in [2.45, 2.75) is 32.2 Å². The van der Waals surface area contributed by atoms with Crippen molar-refractivity contribution in [2.75, 3.05) is 18.5 Å². The molecule has 1 aromatic rings. The number of aromatic nitrogens is 2. The van der Waals surface area contributed by atoms with E-state index >= 15 is 0 Å². The lowest BCUT2D eigenvalue weighted by molar-refractivity contribution is 0.286. The number of aryl methyl sites for hydroxylation is 2. The van der Waals surface area contributed by atoms with Gasteiger partial charge in [-0.3, -0.25) is 5.32 Å². The molecular weight excluding hydrogens is 236 g/mol. The van der Waals surface area contributed by atoms with Crippen molar-refractivity contribution < 1.29 is 5.11 Å². The van der Waals surface area contributed by atoms with Crippen LogP contribution in [0.4, 0.5) is 5.82 Å². The average Bonchev–Trinajstić information content (AvgIpc) is 2.35. The molecule has 0 saturated carbocycles. The zero-order valence-electron chi connectivity index (χ0n) is 11.2. The van der Waals surface area contributed by atoms with E-state index < -0.39 is 0 Å². The van der Waals surface area contributed by atoms with E-state index in [0.717, 1.165) is 36.6 Å². The highest BCUT2D eigenvalue weighted by molar-refractivity contribution is 7.81. The fourth-order valence-corrected chi connectivity index (χ4v) is 1.62. The van der Waals surface area contributed by atoms with Crippen LogP contribution in [0.3, 0.4) is 0 Å². The van der Waals surface area contributed by atoms with Crippen LogP contribution in [0.2, 0.25) is 0 Å². The molecule has 3 N–H and O–H groups in total. The lowest BCUT2D eigenvalue weighted by atomic mass is 10.2. The molecule has 1 heterocycles. The molecule has 0 fully saturated rings. The Morgan fingerprint density at radius 1 is 1.65 bits per heavy atom. The van der Waals surface area contributed by atoms with E-state index in [1.165, 1.54) is 0 Å². The average molecular weight is 258 g/mol. The summed E-state index contributed by atoms with van der Waals surface area (Å²) in [5, 5.41) is 10.6. The second-order valence-corrected chi connectivity index (χ2v) is 4.22. The fraction of sp³-hybridized carbons (Fsp3) is 0.636. The summed E-state index contributed by atoms with van der Waals surface area (Å²) in [6.07, 6.45) is 3.47. The maximum atomic E-state index is 6.57. The minimum Gasteiger partial charge on any atom is -0.396 e. The molecule has 1 aromatic heterocycles. The number of hydrogen-bond acceptors (Lipinski definition) is 6. The normalized spacial score (nSPS) is 13.2. The summed E-state index contributed by atoms with van der Waals surface area (Å²) in [5.41, 5.74) is 0.881. The zero-order chi connectivity index (χ0) is 13.4. The first-order valence-electron chi connectivity index (χ1n) is 6.16. The standard InChI is InChI=1S/C11H20N4OS/c1-3-9-7-13-8(2)14-10(9)15-11(17)12-5-4-6-16/h7,11-12,16-17H,3-6H2,1-2H3,(H,13,14,15)/i16T. The second-order valence-electron chi connectivity index (χ2n) is 3.70. The molecule has 1 atom stereocenters. The third-order valence-corrected chi connectivity index (χ3v) is 2.61. The minimum atomic E-state index is -0.185. The van der Waals surface area contributed by atoms with Crippen molar-refractivity contribution in [3.05, 3.63) is 17.6 Å². The van der Waals surface area contributed by atoms with Crippen LogP contribution in [-0.4, -0.2) is 35.2 Å². The maximum Gasteiger partial charge on any atom is 0.210 e. The number of nitrogens with zero attached hydrogens (tertiary/aromatic N) is 2. The molecule has 96 valence electrons. The number of nitrogens with one attached hydrogen (secondary N) is 2. The Bertz CT molecular complexity index is 367. The van der Waals surface area contributed by atoms with Gasteiger partial charge < -0.3 is 10.4 Å². The predicted molar refractivity (Wildman–Crippen MR) is 72.2 cm³/mol. The second kappa shape index (κ2) is 7.47. The van der Waals surface area contributed by atoms with E-state index in [-0.39, 0.29) is 5.50 Å². The Labute approximate surface area is 109 Å². The van der Waals surface area contributed by atoms with Gasteiger partial charge in [-0.25, -0.2) is 9.97 Å². The number of aliphatic hydroxyl groups is 1. The van der Waals surface area contributed by atoms with Crippen LogP contribution in [-0.2, 0) is 6.42 Å². The maximum absolute atomic E-state index is 6.57. The summed E-state index contributed by atoms with van der Waals surface area (Å²) in [7, 11) is 0. The summed E-state index contributed by atoms with van der Waals surface area (Å²) in [6, 6.07) is 0. The van der Waals surface area contributed by atoms with Crippen LogP contribution in [0.25, 0.3) is 0 Å². The molecule has 0 aliphatic heterocycles. The van der Waals surface area contributed by atoms with E-state index in [1.54, 1.807) is 0 Å². The van der Waals surface area contributed by atoms with Crippen molar-refractivity contribution in [2.24, 2.45) is 0 Å². The van der Waals surface area contributed by atoms with Crippen molar-refractivity contribution >= 4 is 18.4 Å². The van der Waals surface area contributed by atoms with Crippen LogP contribution in [0.5, 0.6) is 0 Å². The first-order valence-corrected chi connectivity index (χ1v) is 6.27. The zero-order valence-corrected chi connectivity index (χ0v) is 11.1. The molecule has 0 aromatic carbocycles. The van der Waals surface area contributed by atoms with Gasteiger partial charge in [0, 0.05) is 18.4 Å². The van der Waals surface area contributed by atoms with Gasteiger partial charge in [-0.2, -0.15) is 0 Å². The Morgan fingerprint density at radius 3 is 3.18 bits per heavy atom. The van der Waals surface area contributed by atoms with Crippen molar-refractivity contribution in [3.63, 3.8) is 0 Å². The van der Waals surface area contributed by atoms with Crippen LogP contribution >= 0.6 is 12.6 Å². The van der Waals surface area contributed by atoms with Crippen molar-refractivity contribution in [3.8, 4) is 0 Å². The Balaban J connectivity index is 2.47. The molecule has 0 aliphatic carbocycles. The van der Waals surface area contributed by atoms with E-state index in [0.29, 0.717) is 6.61 Å². The number of aliphatic hydroxyl groups excluding tert-OH is 1. The van der Waals surface area contributed by atoms with E-state index in [1.807, 2.05) is 13.1 Å².